The van der Waals surface area contributed by atoms with Gasteiger partial charge in [-0.1, -0.05) is 18.2 Å². The zero-order valence-electron chi connectivity index (χ0n) is 15.6. The Morgan fingerprint density at radius 2 is 2.00 bits per heavy atom. The maximum Gasteiger partial charge on any atom is 0.229 e. The Balaban J connectivity index is 0.00000364. The number of guanidine groups is 1. The lowest BCUT2D eigenvalue weighted by molar-refractivity contribution is 0.570. The predicted molar refractivity (Wildman–Crippen MR) is 120 cm³/mol. The van der Waals surface area contributed by atoms with E-state index in [0.29, 0.717) is 18.2 Å². The van der Waals surface area contributed by atoms with E-state index in [-0.39, 0.29) is 24.0 Å². The zero-order valence-corrected chi connectivity index (χ0v) is 18.7. The van der Waals surface area contributed by atoms with Crippen LogP contribution in [0.15, 0.2) is 47.7 Å². The third kappa shape index (κ3) is 9.09. The van der Waals surface area contributed by atoms with E-state index >= 15 is 0 Å². The molecule has 0 aliphatic carbocycles. The minimum atomic E-state index is -3.33. The first-order valence-electron chi connectivity index (χ1n) is 8.53. The molecule has 8 nitrogen and oxygen atoms in total. The summed E-state index contributed by atoms with van der Waals surface area (Å²) >= 11 is 0. The average Bonchev–Trinajstić information content (AvgIpc) is 3.09. The standard InChI is InChI=1S/C17H26N6O2S.HI/c1-3-18-17(19-10-6-12-23-13-7-11-21-23)20-14-15-8-4-5-9-16(15)22-26(2,24)25;/h4-5,7-9,11,13,22H,3,6,10,12,14H2,1-2H3,(H2,18,19,20);1H. The first kappa shape index (κ1) is 23.2. The zero-order chi connectivity index (χ0) is 18.8. The second-order valence-electron chi connectivity index (χ2n) is 5.78. The van der Waals surface area contributed by atoms with Crippen molar-refractivity contribution in [2.45, 2.75) is 26.4 Å². The molecule has 0 saturated heterocycles. The smallest absolute Gasteiger partial charge is 0.229 e. The van der Waals surface area contributed by atoms with E-state index in [0.717, 1.165) is 37.9 Å². The number of sulfonamides is 1. The minimum absolute atomic E-state index is 0. The van der Waals surface area contributed by atoms with Gasteiger partial charge >= 0.3 is 0 Å². The molecule has 27 heavy (non-hydrogen) atoms. The van der Waals surface area contributed by atoms with Crippen LogP contribution in [0.25, 0.3) is 0 Å². The number of benzene rings is 1. The number of para-hydroxylation sites is 1. The summed E-state index contributed by atoms with van der Waals surface area (Å²) in [6, 6.07) is 9.15. The predicted octanol–water partition coefficient (Wildman–Crippen LogP) is 2.02. The molecule has 1 aromatic heterocycles. The Morgan fingerprint density at radius 1 is 1.22 bits per heavy atom. The molecule has 150 valence electrons. The van der Waals surface area contributed by atoms with E-state index in [4.69, 9.17) is 0 Å². The van der Waals surface area contributed by atoms with Gasteiger partial charge in [0, 0.05) is 32.0 Å². The molecule has 10 heteroatoms. The monoisotopic (exact) mass is 506 g/mol. The second-order valence-corrected chi connectivity index (χ2v) is 7.52. The highest BCUT2D eigenvalue weighted by Gasteiger charge is 2.07. The third-order valence-corrected chi connectivity index (χ3v) is 4.07. The number of aryl methyl sites for hydroxylation is 1. The molecule has 2 aromatic rings. The Morgan fingerprint density at radius 3 is 2.67 bits per heavy atom. The lowest BCUT2D eigenvalue weighted by Gasteiger charge is -2.13. The Bertz CT molecular complexity index is 809. The number of rotatable bonds is 9. The van der Waals surface area contributed by atoms with Crippen molar-refractivity contribution in [3.63, 3.8) is 0 Å². The van der Waals surface area contributed by atoms with Crippen LogP contribution in [0.4, 0.5) is 5.69 Å². The van der Waals surface area contributed by atoms with Crippen LogP contribution in [-0.2, 0) is 23.1 Å². The topological polar surface area (TPSA) is 100 Å². The average molecular weight is 506 g/mol. The molecule has 0 bridgehead atoms. The lowest BCUT2D eigenvalue weighted by atomic mass is 10.2. The number of nitrogens with one attached hydrogen (secondary N) is 3. The molecule has 3 N–H and O–H groups in total. The first-order chi connectivity index (χ1) is 12.5. The number of nitrogens with zero attached hydrogens (tertiary/aromatic N) is 3. The summed E-state index contributed by atoms with van der Waals surface area (Å²) in [6.45, 7) is 4.71. The summed E-state index contributed by atoms with van der Waals surface area (Å²) in [5, 5.41) is 10.6. The quantitative estimate of drug-likeness (QED) is 0.209. The van der Waals surface area contributed by atoms with Crippen LogP contribution >= 0.6 is 24.0 Å². The maximum absolute atomic E-state index is 11.5. The highest BCUT2D eigenvalue weighted by Crippen LogP contribution is 2.17. The fourth-order valence-corrected chi connectivity index (χ4v) is 2.94. The summed E-state index contributed by atoms with van der Waals surface area (Å²) in [5.74, 6) is 0.696. The van der Waals surface area contributed by atoms with Crippen molar-refractivity contribution in [3.05, 3.63) is 48.3 Å². The fourth-order valence-electron chi connectivity index (χ4n) is 2.34. The highest BCUT2D eigenvalue weighted by molar-refractivity contribution is 14.0. The fraction of sp³-hybridized carbons (Fsp3) is 0.412. The number of anilines is 1. The normalized spacial score (nSPS) is 11.6. The van der Waals surface area contributed by atoms with Gasteiger partial charge in [-0.2, -0.15) is 5.10 Å². The molecule has 0 fully saturated rings. The molecule has 0 amide bonds. The molecule has 0 saturated carbocycles. The SMILES string of the molecule is CCNC(=NCc1ccccc1NS(C)(=O)=O)NCCCn1cccn1.I. The van der Waals surface area contributed by atoms with Crippen LogP contribution in [0.5, 0.6) is 0 Å². The first-order valence-corrected chi connectivity index (χ1v) is 10.4. The van der Waals surface area contributed by atoms with Gasteiger partial charge in [0.05, 0.1) is 18.5 Å². The Hall–Kier alpha value is -1.82. The van der Waals surface area contributed by atoms with E-state index in [1.165, 1.54) is 0 Å². The van der Waals surface area contributed by atoms with Gasteiger partial charge in [-0.15, -0.1) is 24.0 Å². The molecular formula is C17H27IN6O2S. The van der Waals surface area contributed by atoms with Gasteiger partial charge in [0.2, 0.25) is 10.0 Å². The van der Waals surface area contributed by atoms with E-state index in [1.807, 2.05) is 36.0 Å². The highest BCUT2D eigenvalue weighted by atomic mass is 127. The third-order valence-electron chi connectivity index (χ3n) is 3.48. The molecule has 0 aliphatic rings. The minimum Gasteiger partial charge on any atom is -0.357 e. The summed E-state index contributed by atoms with van der Waals surface area (Å²) in [4.78, 5) is 4.55. The summed E-state index contributed by atoms with van der Waals surface area (Å²) in [7, 11) is -3.33. The Kier molecular flexibility index (Phi) is 10.1. The molecule has 0 unspecified atom stereocenters. The van der Waals surface area contributed by atoms with Crippen LogP contribution in [0, 0.1) is 0 Å². The molecule has 0 radical (unpaired) electrons. The van der Waals surface area contributed by atoms with Gasteiger partial charge in [-0.25, -0.2) is 13.4 Å². The van der Waals surface area contributed by atoms with Crippen molar-refractivity contribution in [2.75, 3.05) is 24.1 Å². The van der Waals surface area contributed by atoms with Crippen molar-refractivity contribution in [1.82, 2.24) is 20.4 Å². The van der Waals surface area contributed by atoms with E-state index in [9.17, 15) is 8.42 Å². The van der Waals surface area contributed by atoms with Crippen LogP contribution in [-0.4, -0.2) is 43.5 Å². The van der Waals surface area contributed by atoms with Gasteiger partial charge in [-0.05, 0) is 31.0 Å². The molecule has 1 aromatic carbocycles. The van der Waals surface area contributed by atoms with Gasteiger partial charge in [0.15, 0.2) is 5.96 Å². The largest absolute Gasteiger partial charge is 0.357 e. The molecule has 0 aliphatic heterocycles. The molecule has 0 spiro atoms. The van der Waals surface area contributed by atoms with Crippen LogP contribution < -0.4 is 15.4 Å². The van der Waals surface area contributed by atoms with Crippen molar-refractivity contribution < 1.29 is 8.42 Å². The second kappa shape index (κ2) is 11.8. The molecular weight excluding hydrogens is 479 g/mol. The van der Waals surface area contributed by atoms with Crippen LogP contribution in [0.3, 0.4) is 0 Å². The van der Waals surface area contributed by atoms with Crippen LogP contribution in [0.2, 0.25) is 0 Å². The maximum atomic E-state index is 11.5. The van der Waals surface area contributed by atoms with Gasteiger partial charge in [0.25, 0.3) is 0 Å². The van der Waals surface area contributed by atoms with Gasteiger partial charge in [0.1, 0.15) is 0 Å². The lowest BCUT2D eigenvalue weighted by Crippen LogP contribution is -2.38. The Labute approximate surface area is 177 Å². The van der Waals surface area contributed by atoms with Crippen LogP contribution in [0.1, 0.15) is 18.9 Å². The molecule has 1 heterocycles. The van der Waals surface area contributed by atoms with Gasteiger partial charge < -0.3 is 10.6 Å². The van der Waals surface area contributed by atoms with E-state index in [1.54, 1.807) is 18.3 Å². The summed E-state index contributed by atoms with van der Waals surface area (Å²) in [6.07, 6.45) is 5.75. The number of hydrogen-bond acceptors (Lipinski definition) is 4. The van der Waals surface area contributed by atoms with E-state index < -0.39 is 10.0 Å². The van der Waals surface area contributed by atoms with Crippen molar-refractivity contribution in [1.29, 1.82) is 0 Å². The van der Waals surface area contributed by atoms with Crippen molar-refractivity contribution >= 4 is 45.6 Å². The number of aliphatic imine (C=N–C) groups is 1. The van der Waals surface area contributed by atoms with Gasteiger partial charge in [-0.3, -0.25) is 9.40 Å². The summed E-state index contributed by atoms with van der Waals surface area (Å²) in [5.41, 5.74) is 1.36. The molecule has 0 atom stereocenters. The molecule has 2 rings (SSSR count). The number of aromatic nitrogens is 2. The van der Waals surface area contributed by atoms with Crippen molar-refractivity contribution in [2.24, 2.45) is 4.99 Å². The number of hydrogen-bond donors (Lipinski definition) is 3. The van der Waals surface area contributed by atoms with E-state index in [2.05, 4.69) is 25.4 Å². The number of halogens is 1. The summed E-state index contributed by atoms with van der Waals surface area (Å²) < 4.78 is 27.4. The van der Waals surface area contributed by atoms with Crippen molar-refractivity contribution in [3.8, 4) is 0 Å².